The average Bonchev–Trinajstić information content (AvgIpc) is 2.37. The Morgan fingerprint density at radius 1 is 1.44 bits per heavy atom. The predicted octanol–water partition coefficient (Wildman–Crippen LogP) is 2.38. The summed E-state index contributed by atoms with van der Waals surface area (Å²) in [6, 6.07) is 7.16. The number of ketones is 1. The Bertz CT molecular complexity index is 636. The van der Waals surface area contributed by atoms with E-state index in [4.69, 9.17) is 0 Å². The summed E-state index contributed by atoms with van der Waals surface area (Å²) in [7, 11) is 0. The summed E-state index contributed by atoms with van der Waals surface area (Å²) in [4.78, 5) is 30.4. The number of nitrogens with one attached hydrogen (secondary N) is 1. The zero-order valence-corrected chi connectivity index (χ0v) is 11.1. The van der Waals surface area contributed by atoms with Crippen molar-refractivity contribution in [3.8, 4) is 0 Å². The number of nitrogens with zero attached hydrogens (tertiary/aromatic N) is 1. The molecule has 0 aliphatic heterocycles. The molecule has 2 rings (SSSR count). The maximum absolute atomic E-state index is 11.8. The van der Waals surface area contributed by atoms with Gasteiger partial charge in [-0.25, -0.2) is 4.98 Å². The topological polar surface area (TPSA) is 62.8 Å². The second kappa shape index (κ2) is 5.35. The molecule has 0 aliphatic rings. The van der Waals surface area contributed by atoms with E-state index in [-0.39, 0.29) is 16.6 Å². The van der Waals surface area contributed by atoms with Crippen LogP contribution in [0, 0.1) is 0 Å². The van der Waals surface area contributed by atoms with Gasteiger partial charge < -0.3 is 4.98 Å². The van der Waals surface area contributed by atoms with E-state index in [1.807, 2.05) is 19.9 Å². The van der Waals surface area contributed by atoms with Gasteiger partial charge in [-0.1, -0.05) is 30.8 Å². The van der Waals surface area contributed by atoms with Crippen molar-refractivity contribution in [2.45, 2.75) is 30.7 Å². The monoisotopic (exact) mass is 262 g/mol. The van der Waals surface area contributed by atoms with Crippen LogP contribution in [0.4, 0.5) is 0 Å². The molecule has 0 bridgehead atoms. The van der Waals surface area contributed by atoms with E-state index >= 15 is 0 Å². The lowest BCUT2D eigenvalue weighted by Gasteiger charge is -2.08. The SMILES string of the molecule is CCC(=O)C(C)Sc1nc2ccccc2c(=O)[nH]1. The maximum Gasteiger partial charge on any atom is 0.259 e. The number of thioether (sulfide) groups is 1. The third kappa shape index (κ3) is 2.61. The standard InChI is InChI=1S/C13H14N2O2S/c1-3-11(16)8(2)18-13-14-10-7-5-4-6-9(10)12(17)15-13/h4-8H,3H2,1-2H3,(H,14,15,17). The highest BCUT2D eigenvalue weighted by atomic mass is 32.2. The van der Waals surface area contributed by atoms with Crippen molar-refractivity contribution in [3.05, 3.63) is 34.6 Å². The summed E-state index contributed by atoms with van der Waals surface area (Å²) in [5.41, 5.74) is 0.485. The van der Waals surface area contributed by atoms with Crippen molar-refractivity contribution >= 4 is 28.4 Å². The van der Waals surface area contributed by atoms with Crippen LogP contribution in [0.5, 0.6) is 0 Å². The summed E-state index contributed by atoms with van der Waals surface area (Å²) >= 11 is 1.29. The van der Waals surface area contributed by atoms with Gasteiger partial charge in [0.1, 0.15) is 5.78 Å². The molecule has 0 aliphatic carbocycles. The number of para-hydroxylation sites is 1. The lowest BCUT2D eigenvalue weighted by Crippen LogP contribution is -2.15. The Labute approximate surface area is 109 Å². The van der Waals surface area contributed by atoms with E-state index in [0.717, 1.165) is 0 Å². The first-order valence-electron chi connectivity index (χ1n) is 5.80. The van der Waals surface area contributed by atoms with Gasteiger partial charge in [-0.2, -0.15) is 0 Å². The van der Waals surface area contributed by atoms with E-state index in [9.17, 15) is 9.59 Å². The summed E-state index contributed by atoms with van der Waals surface area (Å²) in [6.07, 6.45) is 0.492. The highest BCUT2D eigenvalue weighted by Crippen LogP contribution is 2.21. The second-order valence-electron chi connectivity index (χ2n) is 3.97. The first-order chi connectivity index (χ1) is 8.61. The molecule has 2 aromatic rings. The first-order valence-corrected chi connectivity index (χ1v) is 6.68. The third-order valence-corrected chi connectivity index (χ3v) is 3.71. The van der Waals surface area contributed by atoms with Gasteiger partial charge in [0.15, 0.2) is 5.16 Å². The molecule has 0 spiro atoms. The van der Waals surface area contributed by atoms with E-state index in [2.05, 4.69) is 9.97 Å². The Hall–Kier alpha value is -1.62. The van der Waals surface area contributed by atoms with Gasteiger partial charge in [0.05, 0.1) is 16.2 Å². The van der Waals surface area contributed by atoms with E-state index in [1.165, 1.54) is 11.8 Å². The number of hydrogen-bond donors (Lipinski definition) is 1. The van der Waals surface area contributed by atoms with Gasteiger partial charge in [0, 0.05) is 6.42 Å². The van der Waals surface area contributed by atoms with Crippen molar-refractivity contribution in [1.29, 1.82) is 0 Å². The molecule has 0 amide bonds. The zero-order chi connectivity index (χ0) is 13.1. The summed E-state index contributed by atoms with van der Waals surface area (Å²) < 4.78 is 0. The van der Waals surface area contributed by atoms with Crippen LogP contribution in [-0.4, -0.2) is 21.0 Å². The van der Waals surface area contributed by atoms with E-state index in [1.54, 1.807) is 18.2 Å². The van der Waals surface area contributed by atoms with Crippen LogP contribution in [0.2, 0.25) is 0 Å². The molecule has 4 nitrogen and oxygen atoms in total. The Balaban J connectivity index is 2.35. The normalized spacial score (nSPS) is 12.6. The van der Waals surface area contributed by atoms with Gasteiger partial charge in [-0.15, -0.1) is 0 Å². The summed E-state index contributed by atoms with van der Waals surface area (Å²) in [5, 5.41) is 0.864. The fourth-order valence-electron chi connectivity index (χ4n) is 1.64. The minimum Gasteiger partial charge on any atom is -0.301 e. The molecule has 1 atom stereocenters. The molecular weight excluding hydrogens is 248 g/mol. The molecule has 18 heavy (non-hydrogen) atoms. The van der Waals surface area contributed by atoms with Crippen molar-refractivity contribution in [2.75, 3.05) is 0 Å². The fraction of sp³-hybridized carbons (Fsp3) is 0.308. The molecule has 0 radical (unpaired) electrons. The number of rotatable bonds is 4. The number of aromatic amines is 1. The maximum atomic E-state index is 11.8. The molecule has 1 aromatic heterocycles. The highest BCUT2D eigenvalue weighted by molar-refractivity contribution is 8.00. The number of aromatic nitrogens is 2. The van der Waals surface area contributed by atoms with Crippen LogP contribution in [0.15, 0.2) is 34.2 Å². The van der Waals surface area contributed by atoms with Crippen molar-refractivity contribution < 1.29 is 4.79 Å². The fourth-order valence-corrected chi connectivity index (χ4v) is 2.58. The number of H-pyrrole nitrogens is 1. The molecule has 1 unspecified atom stereocenters. The third-order valence-electron chi connectivity index (χ3n) is 2.68. The predicted molar refractivity (Wildman–Crippen MR) is 73.0 cm³/mol. The van der Waals surface area contributed by atoms with Crippen LogP contribution < -0.4 is 5.56 Å². The highest BCUT2D eigenvalue weighted by Gasteiger charge is 2.14. The Kier molecular flexibility index (Phi) is 3.81. The summed E-state index contributed by atoms with van der Waals surface area (Å²) in [5.74, 6) is 0.149. The van der Waals surface area contributed by atoms with Gasteiger partial charge in [0.25, 0.3) is 5.56 Å². The molecule has 5 heteroatoms. The smallest absolute Gasteiger partial charge is 0.259 e. The minimum atomic E-state index is -0.195. The van der Waals surface area contributed by atoms with Crippen LogP contribution in [-0.2, 0) is 4.79 Å². The molecule has 0 saturated heterocycles. The molecule has 0 saturated carbocycles. The molecule has 0 fully saturated rings. The quantitative estimate of drug-likeness (QED) is 0.678. The van der Waals surface area contributed by atoms with E-state index < -0.39 is 0 Å². The lowest BCUT2D eigenvalue weighted by atomic mass is 10.2. The number of Topliss-reactive ketones (excluding diaryl/α,β-unsaturated/α-hetero) is 1. The first kappa shape index (κ1) is 12.8. The second-order valence-corrected chi connectivity index (χ2v) is 5.30. The van der Waals surface area contributed by atoms with Gasteiger partial charge in [-0.05, 0) is 19.1 Å². The lowest BCUT2D eigenvalue weighted by molar-refractivity contribution is -0.118. The molecule has 1 aromatic carbocycles. The Morgan fingerprint density at radius 3 is 2.89 bits per heavy atom. The van der Waals surface area contributed by atoms with Crippen LogP contribution in [0.25, 0.3) is 10.9 Å². The molecule has 1 N–H and O–H groups in total. The van der Waals surface area contributed by atoms with Gasteiger partial charge >= 0.3 is 0 Å². The van der Waals surface area contributed by atoms with Gasteiger partial charge in [-0.3, -0.25) is 9.59 Å². The molecular formula is C13H14N2O2S. The minimum absolute atomic E-state index is 0.149. The molecule has 94 valence electrons. The molecule has 1 heterocycles. The van der Waals surface area contributed by atoms with Crippen LogP contribution in [0.3, 0.4) is 0 Å². The number of benzene rings is 1. The zero-order valence-electron chi connectivity index (χ0n) is 10.3. The van der Waals surface area contributed by atoms with Crippen LogP contribution >= 0.6 is 11.8 Å². The van der Waals surface area contributed by atoms with Crippen molar-refractivity contribution in [3.63, 3.8) is 0 Å². The van der Waals surface area contributed by atoms with Crippen molar-refractivity contribution in [2.24, 2.45) is 0 Å². The van der Waals surface area contributed by atoms with Crippen molar-refractivity contribution in [1.82, 2.24) is 9.97 Å². The van der Waals surface area contributed by atoms with Crippen LogP contribution in [0.1, 0.15) is 20.3 Å². The number of hydrogen-bond acceptors (Lipinski definition) is 4. The number of fused-ring (bicyclic) bond motifs is 1. The average molecular weight is 262 g/mol. The van der Waals surface area contributed by atoms with Gasteiger partial charge in [0.2, 0.25) is 0 Å². The number of carbonyl (C=O) groups is 1. The van der Waals surface area contributed by atoms with E-state index in [0.29, 0.717) is 22.5 Å². The summed E-state index contributed by atoms with van der Waals surface area (Å²) in [6.45, 7) is 3.65. The Morgan fingerprint density at radius 2 is 2.17 bits per heavy atom. The largest absolute Gasteiger partial charge is 0.301 e. The number of carbonyl (C=O) groups excluding carboxylic acids is 1.